The van der Waals surface area contributed by atoms with Crippen molar-refractivity contribution in [2.45, 2.75) is 20.3 Å². The molecule has 2 aromatic carbocycles. The van der Waals surface area contributed by atoms with E-state index in [-0.39, 0.29) is 0 Å². The number of fused-ring (bicyclic) bond motifs is 2. The Kier molecular flexibility index (Phi) is 3.56. The van der Waals surface area contributed by atoms with Crippen LogP contribution in [0.4, 0.5) is 0 Å². The number of hydrogen-bond acceptors (Lipinski definition) is 1. The third kappa shape index (κ3) is 2.50. The molecule has 1 aliphatic rings. The molecule has 112 valence electrons. The van der Waals surface area contributed by atoms with E-state index in [1.165, 1.54) is 31.7 Å². The second kappa shape index (κ2) is 5.72. The monoisotopic (exact) mass is 314 g/mol. The standard InChI is InChI=1S/C22H18S/c1-3-6-18-11-12-21(23-18)22-19-8-5-4-7-16(19)14-17-10-9-15(2)13-20(17)22/h4-5,7-8,10-15H,9H2,1-2H3. The van der Waals surface area contributed by atoms with Crippen LogP contribution in [-0.4, -0.2) is 0 Å². The maximum atomic E-state index is 3.19. The summed E-state index contributed by atoms with van der Waals surface area (Å²) in [5, 5.41) is 5.41. The van der Waals surface area contributed by atoms with E-state index in [1.54, 1.807) is 11.3 Å². The molecule has 0 aliphatic heterocycles. The van der Waals surface area contributed by atoms with Gasteiger partial charge < -0.3 is 0 Å². The SMILES string of the molecule is CC#Cc1ccc(-c2c3c(cc4ccccc24)=CCC(C)C=3)s1. The Balaban J connectivity index is 2.13. The maximum absolute atomic E-state index is 3.19. The van der Waals surface area contributed by atoms with E-state index >= 15 is 0 Å². The molecule has 0 bridgehead atoms. The lowest BCUT2D eigenvalue weighted by Crippen LogP contribution is -2.30. The average Bonchev–Trinajstić information content (AvgIpc) is 3.01. The first-order chi connectivity index (χ1) is 11.3. The molecule has 1 aliphatic carbocycles. The van der Waals surface area contributed by atoms with Gasteiger partial charge in [-0.2, -0.15) is 0 Å². The third-order valence-electron chi connectivity index (χ3n) is 4.38. The fourth-order valence-electron chi connectivity index (χ4n) is 3.33. The summed E-state index contributed by atoms with van der Waals surface area (Å²) in [4.78, 5) is 2.45. The van der Waals surface area contributed by atoms with Crippen LogP contribution in [-0.2, 0) is 0 Å². The second-order valence-electron chi connectivity index (χ2n) is 6.10. The zero-order chi connectivity index (χ0) is 15.8. The van der Waals surface area contributed by atoms with Crippen LogP contribution in [0.5, 0.6) is 0 Å². The number of rotatable bonds is 1. The van der Waals surface area contributed by atoms with Gasteiger partial charge in [-0.25, -0.2) is 0 Å². The molecule has 23 heavy (non-hydrogen) atoms. The Hall–Kier alpha value is -2.30. The summed E-state index contributed by atoms with van der Waals surface area (Å²) in [6, 6.07) is 15.4. The smallest absolute Gasteiger partial charge is 0.0774 e. The Morgan fingerprint density at radius 2 is 2.00 bits per heavy atom. The lowest BCUT2D eigenvalue weighted by atomic mass is 9.92. The molecule has 3 aromatic rings. The van der Waals surface area contributed by atoms with Crippen LogP contribution < -0.4 is 10.4 Å². The molecule has 1 heteroatoms. The largest absolute Gasteiger partial charge is 0.127 e. The highest BCUT2D eigenvalue weighted by atomic mass is 32.1. The highest BCUT2D eigenvalue weighted by Gasteiger charge is 2.12. The number of thiophene rings is 1. The van der Waals surface area contributed by atoms with E-state index in [0.29, 0.717) is 5.92 Å². The van der Waals surface area contributed by atoms with Crippen LogP contribution in [0, 0.1) is 17.8 Å². The first kappa shape index (κ1) is 14.3. The van der Waals surface area contributed by atoms with Crippen molar-refractivity contribution < 1.29 is 0 Å². The van der Waals surface area contributed by atoms with Gasteiger partial charge >= 0.3 is 0 Å². The lowest BCUT2D eigenvalue weighted by molar-refractivity contribution is 0.801. The first-order valence-corrected chi connectivity index (χ1v) is 8.84. The van der Waals surface area contributed by atoms with Crippen LogP contribution in [0.3, 0.4) is 0 Å². The van der Waals surface area contributed by atoms with Crippen molar-refractivity contribution in [3.8, 4) is 22.3 Å². The van der Waals surface area contributed by atoms with Gasteiger partial charge in [0.1, 0.15) is 0 Å². The van der Waals surface area contributed by atoms with Crippen LogP contribution >= 0.6 is 11.3 Å². The normalized spacial score (nSPS) is 16.0. The molecule has 0 spiro atoms. The minimum Gasteiger partial charge on any atom is -0.127 e. The molecule has 1 atom stereocenters. The Labute approximate surface area is 140 Å². The van der Waals surface area contributed by atoms with Crippen LogP contribution in [0.1, 0.15) is 25.1 Å². The molecular weight excluding hydrogens is 296 g/mol. The molecule has 4 rings (SSSR count). The van der Waals surface area contributed by atoms with Crippen molar-refractivity contribution in [1.29, 1.82) is 0 Å². The average molecular weight is 314 g/mol. The van der Waals surface area contributed by atoms with Gasteiger partial charge in [-0.15, -0.1) is 17.3 Å². The Morgan fingerprint density at radius 1 is 1.13 bits per heavy atom. The molecule has 0 nitrogen and oxygen atoms in total. The maximum Gasteiger partial charge on any atom is 0.0774 e. The van der Waals surface area contributed by atoms with E-state index < -0.39 is 0 Å². The lowest BCUT2D eigenvalue weighted by Gasteiger charge is -2.13. The zero-order valence-corrected chi connectivity index (χ0v) is 14.2. The number of benzene rings is 2. The van der Waals surface area contributed by atoms with Crippen molar-refractivity contribution in [3.63, 3.8) is 0 Å². The van der Waals surface area contributed by atoms with Gasteiger partial charge in [0.2, 0.25) is 0 Å². The molecule has 0 radical (unpaired) electrons. The molecule has 0 amide bonds. The summed E-state index contributed by atoms with van der Waals surface area (Å²) in [5.41, 5.74) is 1.37. The summed E-state index contributed by atoms with van der Waals surface area (Å²) >= 11 is 1.79. The van der Waals surface area contributed by atoms with Crippen LogP contribution in [0.15, 0.2) is 42.5 Å². The predicted octanol–water partition coefficient (Wildman–Crippen LogP) is 4.54. The highest BCUT2D eigenvalue weighted by Crippen LogP contribution is 2.31. The van der Waals surface area contributed by atoms with Gasteiger partial charge in [0.25, 0.3) is 0 Å². The van der Waals surface area contributed by atoms with Crippen molar-refractivity contribution in [2.75, 3.05) is 0 Å². The fraction of sp³-hybridized carbons (Fsp3) is 0.182. The third-order valence-corrected chi connectivity index (χ3v) is 5.40. The van der Waals surface area contributed by atoms with Gasteiger partial charge in [-0.05, 0) is 58.7 Å². The van der Waals surface area contributed by atoms with E-state index in [2.05, 4.69) is 73.4 Å². The quantitative estimate of drug-likeness (QED) is 0.579. The van der Waals surface area contributed by atoms with Crippen molar-refractivity contribution in [2.24, 2.45) is 5.92 Å². The molecule has 0 saturated heterocycles. The van der Waals surface area contributed by atoms with Crippen LogP contribution in [0.25, 0.3) is 33.4 Å². The first-order valence-electron chi connectivity index (χ1n) is 8.03. The minimum absolute atomic E-state index is 0.595. The van der Waals surface area contributed by atoms with E-state index in [4.69, 9.17) is 0 Å². The molecular formula is C22H18S. The highest BCUT2D eigenvalue weighted by molar-refractivity contribution is 7.16. The summed E-state index contributed by atoms with van der Waals surface area (Å²) < 4.78 is 0. The van der Waals surface area contributed by atoms with Gasteiger partial charge in [0.15, 0.2) is 0 Å². The topological polar surface area (TPSA) is 0 Å². The summed E-state index contributed by atoms with van der Waals surface area (Å²) in [6.45, 7) is 4.18. The van der Waals surface area contributed by atoms with Crippen LogP contribution in [0.2, 0.25) is 0 Å². The number of hydrogen-bond donors (Lipinski definition) is 0. The van der Waals surface area contributed by atoms with Gasteiger partial charge in [-0.3, -0.25) is 0 Å². The van der Waals surface area contributed by atoms with Crippen molar-refractivity contribution in [3.05, 3.63) is 57.8 Å². The van der Waals surface area contributed by atoms with E-state index in [0.717, 1.165) is 11.3 Å². The molecule has 0 fully saturated rings. The van der Waals surface area contributed by atoms with Crippen molar-refractivity contribution in [1.82, 2.24) is 0 Å². The molecule has 1 aromatic heterocycles. The fourth-order valence-corrected chi connectivity index (χ4v) is 4.31. The van der Waals surface area contributed by atoms with E-state index in [9.17, 15) is 0 Å². The summed E-state index contributed by atoms with van der Waals surface area (Å²) in [5.74, 6) is 6.78. The Morgan fingerprint density at radius 3 is 2.87 bits per heavy atom. The minimum atomic E-state index is 0.595. The second-order valence-corrected chi connectivity index (χ2v) is 7.18. The van der Waals surface area contributed by atoms with Gasteiger partial charge in [-0.1, -0.05) is 49.3 Å². The molecule has 1 unspecified atom stereocenters. The van der Waals surface area contributed by atoms with E-state index in [1.807, 2.05) is 6.92 Å². The molecule has 0 N–H and O–H groups in total. The summed E-state index contributed by atoms with van der Waals surface area (Å²) in [6.07, 6.45) is 5.94. The van der Waals surface area contributed by atoms with Gasteiger partial charge in [0, 0.05) is 10.4 Å². The van der Waals surface area contributed by atoms with Crippen molar-refractivity contribution >= 4 is 34.3 Å². The predicted molar refractivity (Wildman–Crippen MR) is 102 cm³/mol. The molecule has 0 saturated carbocycles. The summed E-state index contributed by atoms with van der Waals surface area (Å²) in [7, 11) is 0. The Bertz CT molecular complexity index is 1070. The zero-order valence-electron chi connectivity index (χ0n) is 13.4. The van der Waals surface area contributed by atoms with Gasteiger partial charge in [0.05, 0.1) is 4.88 Å². The molecule has 1 heterocycles.